The van der Waals surface area contributed by atoms with Crippen LogP contribution in [0.2, 0.25) is 0 Å². The summed E-state index contributed by atoms with van der Waals surface area (Å²) in [6.45, 7) is 3.60. The largest absolute Gasteiger partial charge is 0.457 e. The van der Waals surface area contributed by atoms with E-state index in [4.69, 9.17) is 4.74 Å². The molecule has 0 saturated carbocycles. The Kier molecular flexibility index (Phi) is 4.17. The lowest BCUT2D eigenvalue weighted by atomic mass is 10.1. The van der Waals surface area contributed by atoms with Gasteiger partial charge in [-0.25, -0.2) is 4.39 Å². The minimum Gasteiger partial charge on any atom is -0.457 e. The predicted octanol–water partition coefficient (Wildman–Crippen LogP) is 4.37. The summed E-state index contributed by atoms with van der Waals surface area (Å²) in [6, 6.07) is 11.9. The lowest BCUT2D eigenvalue weighted by Crippen LogP contribution is -1.98. The number of aliphatic hydroxyl groups excluding tert-OH is 1. The van der Waals surface area contributed by atoms with Gasteiger partial charge in [-0.3, -0.25) is 0 Å². The number of aryl methyl sites for hydroxylation is 1. The van der Waals surface area contributed by atoms with Crippen molar-refractivity contribution in [2.24, 2.45) is 0 Å². The van der Waals surface area contributed by atoms with Crippen molar-refractivity contribution in [3.05, 3.63) is 59.4 Å². The number of hydrogen-bond donors (Lipinski definition) is 1. The van der Waals surface area contributed by atoms with Crippen LogP contribution in [0.3, 0.4) is 0 Å². The van der Waals surface area contributed by atoms with Crippen LogP contribution in [0.4, 0.5) is 4.39 Å². The van der Waals surface area contributed by atoms with Gasteiger partial charge in [-0.15, -0.1) is 0 Å². The highest BCUT2D eigenvalue weighted by Gasteiger charge is 2.12. The predicted molar refractivity (Wildman–Crippen MR) is 72.9 cm³/mol. The topological polar surface area (TPSA) is 29.5 Å². The van der Waals surface area contributed by atoms with Gasteiger partial charge in [0.05, 0.1) is 6.10 Å². The molecule has 0 heterocycles. The number of aliphatic hydroxyl groups is 1. The van der Waals surface area contributed by atoms with Crippen molar-refractivity contribution in [3.63, 3.8) is 0 Å². The average molecular weight is 260 g/mol. The summed E-state index contributed by atoms with van der Waals surface area (Å²) in [5.41, 5.74) is 1.28. The highest BCUT2D eigenvalue weighted by Crippen LogP contribution is 2.31. The average Bonchev–Trinajstić information content (AvgIpc) is 2.43. The molecule has 1 atom stereocenters. The van der Waals surface area contributed by atoms with E-state index in [0.717, 1.165) is 5.56 Å². The van der Waals surface area contributed by atoms with E-state index in [2.05, 4.69) is 0 Å². The van der Waals surface area contributed by atoms with E-state index in [1.807, 2.05) is 25.1 Å². The summed E-state index contributed by atoms with van der Waals surface area (Å²) >= 11 is 0. The van der Waals surface area contributed by atoms with E-state index in [1.165, 1.54) is 6.07 Å². The molecule has 2 nitrogen and oxygen atoms in total. The first-order valence-corrected chi connectivity index (χ1v) is 6.32. The molecular weight excluding hydrogens is 243 g/mol. The third kappa shape index (κ3) is 3.12. The van der Waals surface area contributed by atoms with E-state index in [-0.39, 0.29) is 5.82 Å². The van der Waals surface area contributed by atoms with Crippen LogP contribution < -0.4 is 4.74 Å². The molecule has 19 heavy (non-hydrogen) atoms. The molecule has 0 spiro atoms. The molecule has 2 rings (SSSR count). The van der Waals surface area contributed by atoms with Gasteiger partial charge >= 0.3 is 0 Å². The van der Waals surface area contributed by atoms with Crippen molar-refractivity contribution in [3.8, 4) is 11.5 Å². The fraction of sp³-hybridized carbons (Fsp3) is 0.250. The summed E-state index contributed by atoms with van der Waals surface area (Å²) in [4.78, 5) is 0. The van der Waals surface area contributed by atoms with Crippen molar-refractivity contribution in [2.75, 3.05) is 0 Å². The van der Waals surface area contributed by atoms with E-state index < -0.39 is 6.10 Å². The van der Waals surface area contributed by atoms with Gasteiger partial charge in [0.1, 0.15) is 17.3 Å². The number of para-hydroxylation sites is 1. The molecule has 100 valence electrons. The van der Waals surface area contributed by atoms with Gasteiger partial charge in [0.25, 0.3) is 0 Å². The second-order valence-electron chi connectivity index (χ2n) is 4.47. The molecule has 2 aromatic rings. The molecule has 0 aromatic heterocycles. The van der Waals surface area contributed by atoms with E-state index >= 15 is 0 Å². The van der Waals surface area contributed by atoms with Crippen molar-refractivity contribution in [2.45, 2.75) is 26.4 Å². The van der Waals surface area contributed by atoms with Crippen LogP contribution in [0.1, 0.15) is 30.6 Å². The highest BCUT2D eigenvalue weighted by atomic mass is 19.1. The zero-order chi connectivity index (χ0) is 13.8. The molecule has 0 saturated heterocycles. The van der Waals surface area contributed by atoms with E-state index in [1.54, 1.807) is 25.1 Å². The maximum absolute atomic E-state index is 13.2. The number of ether oxygens (including phenoxy) is 1. The van der Waals surface area contributed by atoms with Crippen LogP contribution >= 0.6 is 0 Å². The number of hydrogen-bond acceptors (Lipinski definition) is 2. The zero-order valence-electron chi connectivity index (χ0n) is 11.1. The van der Waals surface area contributed by atoms with Gasteiger partial charge < -0.3 is 9.84 Å². The number of benzene rings is 2. The quantitative estimate of drug-likeness (QED) is 0.884. The molecule has 0 fully saturated rings. The minimum atomic E-state index is -0.558. The van der Waals surface area contributed by atoms with Crippen LogP contribution in [0.5, 0.6) is 11.5 Å². The minimum absolute atomic E-state index is 0.255. The van der Waals surface area contributed by atoms with Crippen LogP contribution in [0.15, 0.2) is 42.5 Å². The smallest absolute Gasteiger partial charge is 0.133 e. The molecule has 2 aromatic carbocycles. The summed E-state index contributed by atoms with van der Waals surface area (Å²) in [7, 11) is 0. The lowest BCUT2D eigenvalue weighted by Gasteiger charge is -2.15. The summed E-state index contributed by atoms with van der Waals surface area (Å²) in [5.74, 6) is 0.909. The summed E-state index contributed by atoms with van der Waals surface area (Å²) in [6.07, 6.45) is 0.0563. The van der Waals surface area contributed by atoms with Gasteiger partial charge in [0.2, 0.25) is 0 Å². The summed E-state index contributed by atoms with van der Waals surface area (Å²) < 4.78 is 18.9. The lowest BCUT2D eigenvalue weighted by molar-refractivity contribution is 0.170. The first-order chi connectivity index (χ1) is 9.11. The summed E-state index contributed by atoms with van der Waals surface area (Å²) in [5, 5.41) is 9.95. The van der Waals surface area contributed by atoms with Gasteiger partial charge in [-0.1, -0.05) is 25.1 Å². The molecule has 0 bridgehead atoms. The Hall–Kier alpha value is -1.87. The monoisotopic (exact) mass is 260 g/mol. The Morgan fingerprint density at radius 1 is 1.21 bits per heavy atom. The number of rotatable bonds is 4. The molecule has 1 N–H and O–H groups in total. The van der Waals surface area contributed by atoms with Crippen molar-refractivity contribution >= 4 is 0 Å². The standard InChI is InChI=1S/C16H17FO2/c1-3-15(18)13-6-4-5-7-16(13)19-12-8-9-14(17)11(2)10-12/h4-10,15,18H,3H2,1-2H3/t15-/m1/s1. The SMILES string of the molecule is CC[C@@H](O)c1ccccc1Oc1ccc(F)c(C)c1. The van der Waals surface area contributed by atoms with E-state index in [0.29, 0.717) is 23.5 Å². The Labute approximate surface area is 112 Å². The van der Waals surface area contributed by atoms with Crippen molar-refractivity contribution < 1.29 is 14.2 Å². The third-order valence-corrected chi connectivity index (χ3v) is 3.02. The Morgan fingerprint density at radius 3 is 2.63 bits per heavy atom. The second-order valence-corrected chi connectivity index (χ2v) is 4.47. The molecule has 0 amide bonds. The molecule has 0 unspecified atom stereocenters. The molecule has 0 aliphatic rings. The van der Waals surface area contributed by atoms with Crippen molar-refractivity contribution in [1.82, 2.24) is 0 Å². The normalized spacial score (nSPS) is 12.2. The zero-order valence-corrected chi connectivity index (χ0v) is 11.1. The highest BCUT2D eigenvalue weighted by molar-refractivity contribution is 5.40. The molecule has 0 aliphatic carbocycles. The Morgan fingerprint density at radius 2 is 1.95 bits per heavy atom. The fourth-order valence-electron chi connectivity index (χ4n) is 1.88. The first-order valence-electron chi connectivity index (χ1n) is 6.32. The molecule has 0 aliphatic heterocycles. The fourth-order valence-corrected chi connectivity index (χ4v) is 1.88. The Bertz CT molecular complexity index is 566. The van der Waals surface area contributed by atoms with Gasteiger partial charge in [-0.2, -0.15) is 0 Å². The molecule has 3 heteroatoms. The number of halogens is 1. The second kappa shape index (κ2) is 5.85. The van der Waals surface area contributed by atoms with Crippen LogP contribution in [-0.2, 0) is 0 Å². The van der Waals surface area contributed by atoms with Crippen LogP contribution in [0, 0.1) is 12.7 Å². The van der Waals surface area contributed by atoms with Crippen molar-refractivity contribution in [1.29, 1.82) is 0 Å². The maximum atomic E-state index is 13.2. The maximum Gasteiger partial charge on any atom is 0.133 e. The van der Waals surface area contributed by atoms with Gasteiger partial charge in [-0.05, 0) is 43.2 Å². The third-order valence-electron chi connectivity index (χ3n) is 3.02. The van der Waals surface area contributed by atoms with Crippen LogP contribution in [-0.4, -0.2) is 5.11 Å². The molecular formula is C16H17FO2. The van der Waals surface area contributed by atoms with Gasteiger partial charge in [0, 0.05) is 5.56 Å². The van der Waals surface area contributed by atoms with E-state index in [9.17, 15) is 9.50 Å². The molecule has 0 radical (unpaired) electrons. The first kappa shape index (κ1) is 13.6. The van der Waals surface area contributed by atoms with Crippen LogP contribution in [0.25, 0.3) is 0 Å². The van der Waals surface area contributed by atoms with Gasteiger partial charge in [0.15, 0.2) is 0 Å². The Balaban J connectivity index is 2.30.